The summed E-state index contributed by atoms with van der Waals surface area (Å²) in [7, 11) is 0.523. The van der Waals surface area contributed by atoms with E-state index in [1.54, 1.807) is 18.2 Å². The highest BCUT2D eigenvalue weighted by atomic mass is 16.5. The first-order chi connectivity index (χ1) is 6.19. The van der Waals surface area contributed by atoms with Crippen LogP contribution in [-0.2, 0) is 4.65 Å². The molecular formula is C9H10BNO2. The van der Waals surface area contributed by atoms with E-state index in [1.165, 1.54) is 7.11 Å². The van der Waals surface area contributed by atoms with E-state index in [9.17, 15) is 5.02 Å². The Balaban J connectivity index is 3.07. The molecule has 0 amide bonds. The van der Waals surface area contributed by atoms with Gasteiger partial charge in [-0.05, 0) is 24.5 Å². The zero-order valence-electron chi connectivity index (χ0n) is 7.61. The van der Waals surface area contributed by atoms with Crippen LogP contribution >= 0.6 is 0 Å². The molecule has 1 aromatic carbocycles. The molecule has 0 unspecified atom stereocenters. The van der Waals surface area contributed by atoms with Gasteiger partial charge in [0.05, 0.1) is 11.6 Å². The molecule has 0 heterocycles. The SMILES string of the molecule is COB(O)c1ccc(C#N)cc1C. The van der Waals surface area contributed by atoms with Crippen LogP contribution < -0.4 is 5.46 Å². The predicted molar refractivity (Wildman–Crippen MR) is 50.5 cm³/mol. The minimum absolute atomic E-state index is 0.588. The minimum atomic E-state index is -0.909. The topological polar surface area (TPSA) is 53.2 Å². The molecule has 1 aromatic rings. The van der Waals surface area contributed by atoms with Gasteiger partial charge < -0.3 is 9.68 Å². The second-order valence-electron chi connectivity index (χ2n) is 2.77. The zero-order chi connectivity index (χ0) is 9.84. The lowest BCUT2D eigenvalue weighted by molar-refractivity contribution is 0.341. The highest BCUT2D eigenvalue weighted by Crippen LogP contribution is 2.01. The monoisotopic (exact) mass is 175 g/mol. The Labute approximate surface area is 77.7 Å². The van der Waals surface area contributed by atoms with Crippen LogP contribution in [0.1, 0.15) is 11.1 Å². The predicted octanol–water partition coefficient (Wildman–Crippen LogP) is 0.201. The number of rotatable bonds is 2. The first-order valence-corrected chi connectivity index (χ1v) is 3.90. The quantitative estimate of drug-likeness (QED) is 0.653. The molecule has 0 spiro atoms. The molecule has 1 N–H and O–H groups in total. The van der Waals surface area contributed by atoms with Crippen molar-refractivity contribution in [2.45, 2.75) is 6.92 Å². The van der Waals surface area contributed by atoms with E-state index in [4.69, 9.17) is 9.92 Å². The lowest BCUT2D eigenvalue weighted by Gasteiger charge is -2.07. The Morgan fingerprint density at radius 2 is 2.23 bits per heavy atom. The van der Waals surface area contributed by atoms with Crippen molar-refractivity contribution in [1.29, 1.82) is 5.26 Å². The molecule has 0 aliphatic rings. The summed E-state index contributed by atoms with van der Waals surface area (Å²) < 4.78 is 4.76. The molecule has 0 saturated heterocycles. The highest BCUT2D eigenvalue weighted by Gasteiger charge is 2.16. The number of nitrogens with zero attached hydrogens (tertiary/aromatic N) is 1. The van der Waals surface area contributed by atoms with Gasteiger partial charge >= 0.3 is 7.12 Å². The Morgan fingerprint density at radius 3 is 2.69 bits per heavy atom. The largest absolute Gasteiger partial charge is 0.491 e. The Hall–Kier alpha value is -1.31. The van der Waals surface area contributed by atoms with Gasteiger partial charge in [-0.2, -0.15) is 5.26 Å². The number of hydrogen-bond acceptors (Lipinski definition) is 3. The van der Waals surface area contributed by atoms with Crippen molar-refractivity contribution < 1.29 is 9.68 Å². The Bertz CT molecular complexity index is 346. The lowest BCUT2D eigenvalue weighted by atomic mass is 9.76. The van der Waals surface area contributed by atoms with Gasteiger partial charge in [-0.25, -0.2) is 0 Å². The molecule has 13 heavy (non-hydrogen) atoms. The summed E-state index contributed by atoms with van der Waals surface area (Å²) in [6, 6.07) is 7.10. The van der Waals surface area contributed by atoms with Crippen LogP contribution in [0.15, 0.2) is 18.2 Å². The average Bonchev–Trinajstić information content (AvgIpc) is 2.16. The first-order valence-electron chi connectivity index (χ1n) is 3.90. The van der Waals surface area contributed by atoms with E-state index < -0.39 is 7.12 Å². The smallest absolute Gasteiger partial charge is 0.423 e. The Kier molecular flexibility index (Phi) is 3.07. The molecule has 1 rings (SSSR count). The minimum Gasteiger partial charge on any atom is -0.423 e. The van der Waals surface area contributed by atoms with Crippen LogP contribution in [0.3, 0.4) is 0 Å². The molecule has 3 nitrogen and oxygen atoms in total. The van der Waals surface area contributed by atoms with Gasteiger partial charge in [0, 0.05) is 7.11 Å². The summed E-state index contributed by atoms with van der Waals surface area (Å²) in [6.45, 7) is 1.83. The van der Waals surface area contributed by atoms with Crippen LogP contribution in [0.25, 0.3) is 0 Å². The van der Waals surface area contributed by atoms with Crippen molar-refractivity contribution in [3.63, 3.8) is 0 Å². The molecule has 4 heteroatoms. The number of aryl methyl sites for hydroxylation is 1. The van der Waals surface area contributed by atoms with Crippen LogP contribution in [-0.4, -0.2) is 19.3 Å². The summed E-state index contributed by atoms with van der Waals surface area (Å²) in [5, 5.41) is 18.0. The summed E-state index contributed by atoms with van der Waals surface area (Å²) in [4.78, 5) is 0. The van der Waals surface area contributed by atoms with Crippen molar-refractivity contribution in [3.05, 3.63) is 29.3 Å². The molecule has 0 bridgehead atoms. The van der Waals surface area contributed by atoms with E-state index in [2.05, 4.69) is 0 Å². The fourth-order valence-electron chi connectivity index (χ4n) is 1.15. The number of hydrogen-bond donors (Lipinski definition) is 1. The molecule has 0 atom stereocenters. The van der Waals surface area contributed by atoms with Crippen molar-refractivity contribution in [1.82, 2.24) is 0 Å². The summed E-state index contributed by atoms with van der Waals surface area (Å²) in [5.74, 6) is 0. The molecular weight excluding hydrogens is 165 g/mol. The molecule has 0 radical (unpaired) electrons. The van der Waals surface area contributed by atoms with E-state index in [1.807, 2.05) is 13.0 Å². The molecule has 0 aliphatic heterocycles. The lowest BCUT2D eigenvalue weighted by Crippen LogP contribution is -2.34. The zero-order valence-corrected chi connectivity index (χ0v) is 7.61. The van der Waals surface area contributed by atoms with E-state index in [-0.39, 0.29) is 0 Å². The molecule has 0 aliphatic carbocycles. The number of benzene rings is 1. The van der Waals surface area contributed by atoms with Gasteiger partial charge in [-0.1, -0.05) is 11.6 Å². The normalized spacial score (nSPS) is 9.38. The molecule has 66 valence electrons. The van der Waals surface area contributed by atoms with Gasteiger partial charge in [-0.3, -0.25) is 0 Å². The molecule has 0 fully saturated rings. The van der Waals surface area contributed by atoms with Crippen LogP contribution in [0.4, 0.5) is 0 Å². The second-order valence-corrected chi connectivity index (χ2v) is 2.77. The summed E-state index contributed by atoms with van der Waals surface area (Å²) in [5.41, 5.74) is 2.14. The fraction of sp³-hybridized carbons (Fsp3) is 0.222. The van der Waals surface area contributed by atoms with Gasteiger partial charge in [0.25, 0.3) is 0 Å². The van der Waals surface area contributed by atoms with Gasteiger partial charge in [0.15, 0.2) is 0 Å². The van der Waals surface area contributed by atoms with Crippen LogP contribution in [0, 0.1) is 18.3 Å². The second kappa shape index (κ2) is 4.08. The van der Waals surface area contributed by atoms with Crippen LogP contribution in [0.2, 0.25) is 0 Å². The maximum absolute atomic E-state index is 9.37. The maximum atomic E-state index is 9.37. The van der Waals surface area contributed by atoms with E-state index >= 15 is 0 Å². The number of nitriles is 1. The third-order valence-corrected chi connectivity index (χ3v) is 1.89. The Morgan fingerprint density at radius 1 is 1.54 bits per heavy atom. The highest BCUT2D eigenvalue weighted by molar-refractivity contribution is 6.60. The molecule has 0 saturated carbocycles. The van der Waals surface area contributed by atoms with Crippen LogP contribution in [0.5, 0.6) is 0 Å². The average molecular weight is 175 g/mol. The maximum Gasteiger partial charge on any atom is 0.491 e. The van der Waals surface area contributed by atoms with E-state index in [0.717, 1.165) is 5.56 Å². The summed E-state index contributed by atoms with van der Waals surface area (Å²) >= 11 is 0. The van der Waals surface area contributed by atoms with Gasteiger partial charge in [-0.15, -0.1) is 0 Å². The van der Waals surface area contributed by atoms with E-state index in [0.29, 0.717) is 11.0 Å². The van der Waals surface area contributed by atoms with Gasteiger partial charge in [0.1, 0.15) is 0 Å². The van der Waals surface area contributed by atoms with Crippen molar-refractivity contribution >= 4 is 12.6 Å². The first kappa shape index (κ1) is 9.78. The van der Waals surface area contributed by atoms with Crippen molar-refractivity contribution in [3.8, 4) is 6.07 Å². The van der Waals surface area contributed by atoms with Crippen molar-refractivity contribution in [2.24, 2.45) is 0 Å². The summed E-state index contributed by atoms with van der Waals surface area (Å²) in [6.07, 6.45) is 0. The third-order valence-electron chi connectivity index (χ3n) is 1.89. The fourth-order valence-corrected chi connectivity index (χ4v) is 1.15. The third kappa shape index (κ3) is 2.08. The van der Waals surface area contributed by atoms with Crippen molar-refractivity contribution in [2.75, 3.05) is 7.11 Å². The van der Waals surface area contributed by atoms with Gasteiger partial charge in [0.2, 0.25) is 0 Å². The standard InChI is InChI=1S/C9H10BNO2/c1-7-5-8(6-11)3-4-9(7)10(12)13-2/h3-5,12H,1-2H3. The molecule has 0 aromatic heterocycles.